The smallest absolute Gasteiger partial charge is 0.120 e. The molecule has 1 aliphatic rings. The number of fused-ring (bicyclic) bond motifs is 1. The average molecular weight is 234 g/mol. The predicted molar refractivity (Wildman–Crippen MR) is 66.2 cm³/mol. The molecule has 0 radical (unpaired) electrons. The molecular weight excluding hydrogens is 220 g/mol. The van der Waals surface area contributed by atoms with Gasteiger partial charge in [-0.25, -0.2) is 4.98 Å². The summed E-state index contributed by atoms with van der Waals surface area (Å²) in [4.78, 5) is 4.43. The van der Waals surface area contributed by atoms with E-state index in [-0.39, 0.29) is 0 Å². The van der Waals surface area contributed by atoms with Gasteiger partial charge >= 0.3 is 0 Å². The lowest BCUT2D eigenvalue weighted by Gasteiger charge is -2.26. The molecule has 0 spiro atoms. The van der Waals surface area contributed by atoms with Gasteiger partial charge in [-0.05, 0) is 25.1 Å². The van der Waals surface area contributed by atoms with Crippen molar-refractivity contribution in [3.63, 3.8) is 0 Å². The number of hydrogen-bond donors (Lipinski definition) is 1. The summed E-state index contributed by atoms with van der Waals surface area (Å²) in [6.07, 6.45) is 0. The second-order valence-corrected chi connectivity index (χ2v) is 5.43. The average Bonchev–Trinajstić information content (AvgIpc) is 2.55. The second kappa shape index (κ2) is 4.03. The maximum Gasteiger partial charge on any atom is 0.120 e. The van der Waals surface area contributed by atoms with E-state index in [9.17, 15) is 0 Å². The van der Waals surface area contributed by atoms with E-state index in [1.165, 1.54) is 4.70 Å². The SMILES string of the molecule is Cc1nc2ccc(OCC3CNC3)cc2s1. The Morgan fingerprint density at radius 2 is 2.38 bits per heavy atom. The molecule has 2 heterocycles. The van der Waals surface area contributed by atoms with Crippen LogP contribution in [-0.4, -0.2) is 24.7 Å². The van der Waals surface area contributed by atoms with Crippen molar-refractivity contribution in [2.75, 3.05) is 19.7 Å². The van der Waals surface area contributed by atoms with Crippen LogP contribution in [0.25, 0.3) is 10.2 Å². The van der Waals surface area contributed by atoms with Crippen LogP contribution in [0.2, 0.25) is 0 Å². The molecule has 0 bridgehead atoms. The number of nitrogens with zero attached hydrogens (tertiary/aromatic N) is 1. The normalized spacial score (nSPS) is 16.3. The molecular formula is C12H14N2OS. The lowest BCUT2D eigenvalue weighted by Crippen LogP contribution is -2.45. The number of thiazole rings is 1. The minimum Gasteiger partial charge on any atom is -0.493 e. The third-order valence-electron chi connectivity index (χ3n) is 2.82. The molecule has 0 aliphatic carbocycles. The standard InChI is InChI=1S/C12H14N2OS/c1-8-14-11-3-2-10(4-12(11)16-8)15-7-9-5-13-6-9/h2-4,9,13H,5-7H2,1H3. The number of hydrogen-bond acceptors (Lipinski definition) is 4. The summed E-state index contributed by atoms with van der Waals surface area (Å²) in [7, 11) is 0. The number of ether oxygens (including phenoxy) is 1. The van der Waals surface area contributed by atoms with E-state index in [0.717, 1.165) is 36.0 Å². The fourth-order valence-corrected chi connectivity index (χ4v) is 2.65. The van der Waals surface area contributed by atoms with Crippen molar-refractivity contribution in [3.05, 3.63) is 23.2 Å². The third kappa shape index (κ3) is 1.90. The molecule has 16 heavy (non-hydrogen) atoms. The Morgan fingerprint density at radius 3 is 3.12 bits per heavy atom. The number of nitrogens with one attached hydrogen (secondary N) is 1. The van der Waals surface area contributed by atoms with Crippen LogP contribution >= 0.6 is 11.3 Å². The van der Waals surface area contributed by atoms with E-state index in [4.69, 9.17) is 4.74 Å². The molecule has 1 aliphatic heterocycles. The summed E-state index contributed by atoms with van der Waals surface area (Å²) < 4.78 is 6.98. The molecule has 0 unspecified atom stereocenters. The van der Waals surface area contributed by atoms with Gasteiger partial charge in [-0.3, -0.25) is 0 Å². The van der Waals surface area contributed by atoms with Crippen molar-refractivity contribution < 1.29 is 4.74 Å². The van der Waals surface area contributed by atoms with Gasteiger partial charge in [0.2, 0.25) is 0 Å². The van der Waals surface area contributed by atoms with Crippen LogP contribution in [0.15, 0.2) is 18.2 Å². The van der Waals surface area contributed by atoms with E-state index in [1.54, 1.807) is 11.3 Å². The van der Waals surface area contributed by atoms with Crippen molar-refractivity contribution in [1.82, 2.24) is 10.3 Å². The van der Waals surface area contributed by atoms with Crippen LogP contribution in [0.3, 0.4) is 0 Å². The molecule has 1 aromatic carbocycles. The lowest BCUT2D eigenvalue weighted by molar-refractivity contribution is 0.199. The van der Waals surface area contributed by atoms with Gasteiger partial charge < -0.3 is 10.1 Å². The van der Waals surface area contributed by atoms with Crippen LogP contribution in [0.5, 0.6) is 5.75 Å². The van der Waals surface area contributed by atoms with Crippen LogP contribution in [0.4, 0.5) is 0 Å². The molecule has 3 nitrogen and oxygen atoms in total. The first-order chi connectivity index (χ1) is 7.81. The Labute approximate surface area is 98.5 Å². The third-order valence-corrected chi connectivity index (χ3v) is 3.75. The van der Waals surface area contributed by atoms with Gasteiger partial charge in [0.25, 0.3) is 0 Å². The van der Waals surface area contributed by atoms with E-state index in [0.29, 0.717) is 5.92 Å². The number of aryl methyl sites for hydroxylation is 1. The van der Waals surface area contributed by atoms with Crippen molar-refractivity contribution in [2.45, 2.75) is 6.92 Å². The number of benzene rings is 1. The van der Waals surface area contributed by atoms with E-state index in [2.05, 4.69) is 16.4 Å². The highest BCUT2D eigenvalue weighted by Gasteiger charge is 2.17. The Bertz CT molecular complexity index is 505. The second-order valence-electron chi connectivity index (χ2n) is 4.20. The van der Waals surface area contributed by atoms with E-state index >= 15 is 0 Å². The van der Waals surface area contributed by atoms with Gasteiger partial charge in [0.1, 0.15) is 5.75 Å². The van der Waals surface area contributed by atoms with E-state index < -0.39 is 0 Å². The summed E-state index contributed by atoms with van der Waals surface area (Å²) in [5.74, 6) is 1.64. The molecule has 84 valence electrons. The number of rotatable bonds is 3. The Balaban J connectivity index is 1.75. The monoisotopic (exact) mass is 234 g/mol. The quantitative estimate of drug-likeness (QED) is 0.884. The van der Waals surface area contributed by atoms with Crippen molar-refractivity contribution in [3.8, 4) is 5.75 Å². The molecule has 0 atom stereocenters. The van der Waals surface area contributed by atoms with Crippen molar-refractivity contribution in [2.24, 2.45) is 5.92 Å². The molecule has 3 rings (SSSR count). The summed E-state index contributed by atoms with van der Waals surface area (Å²) in [6, 6.07) is 6.13. The molecule has 1 aromatic heterocycles. The molecule has 0 amide bonds. The molecule has 4 heteroatoms. The van der Waals surface area contributed by atoms with Gasteiger partial charge in [0.05, 0.1) is 21.8 Å². The van der Waals surface area contributed by atoms with Crippen LogP contribution in [0.1, 0.15) is 5.01 Å². The van der Waals surface area contributed by atoms with E-state index in [1.807, 2.05) is 19.1 Å². The van der Waals surface area contributed by atoms with Gasteiger partial charge in [-0.2, -0.15) is 0 Å². The molecule has 1 N–H and O–H groups in total. The Kier molecular flexibility index (Phi) is 2.53. The zero-order chi connectivity index (χ0) is 11.0. The maximum absolute atomic E-state index is 5.77. The van der Waals surface area contributed by atoms with Gasteiger partial charge in [0.15, 0.2) is 0 Å². The fraction of sp³-hybridized carbons (Fsp3) is 0.417. The zero-order valence-electron chi connectivity index (χ0n) is 9.19. The fourth-order valence-electron chi connectivity index (χ4n) is 1.79. The maximum atomic E-state index is 5.77. The van der Waals surface area contributed by atoms with Gasteiger partial charge in [-0.1, -0.05) is 0 Å². The topological polar surface area (TPSA) is 34.1 Å². The molecule has 2 aromatic rings. The van der Waals surface area contributed by atoms with Crippen LogP contribution in [0, 0.1) is 12.8 Å². The predicted octanol–water partition coefficient (Wildman–Crippen LogP) is 2.20. The first-order valence-electron chi connectivity index (χ1n) is 5.52. The molecule has 1 fully saturated rings. The molecule has 0 saturated carbocycles. The highest BCUT2D eigenvalue weighted by molar-refractivity contribution is 7.18. The summed E-state index contributed by atoms with van der Waals surface area (Å²) in [6.45, 7) is 5.02. The van der Waals surface area contributed by atoms with Crippen LogP contribution < -0.4 is 10.1 Å². The van der Waals surface area contributed by atoms with Gasteiger partial charge in [0, 0.05) is 19.0 Å². The summed E-state index contributed by atoms with van der Waals surface area (Å²) in [5.41, 5.74) is 1.07. The first-order valence-corrected chi connectivity index (χ1v) is 6.33. The first kappa shape index (κ1) is 10.1. The summed E-state index contributed by atoms with van der Waals surface area (Å²) in [5, 5.41) is 4.35. The van der Waals surface area contributed by atoms with Crippen molar-refractivity contribution >= 4 is 21.6 Å². The highest BCUT2D eigenvalue weighted by atomic mass is 32.1. The minimum absolute atomic E-state index is 0.680. The van der Waals surface area contributed by atoms with Gasteiger partial charge in [-0.15, -0.1) is 11.3 Å². The minimum atomic E-state index is 0.680. The Hall–Kier alpha value is -1.13. The Morgan fingerprint density at radius 1 is 1.50 bits per heavy atom. The van der Waals surface area contributed by atoms with Crippen LogP contribution in [-0.2, 0) is 0 Å². The summed E-state index contributed by atoms with van der Waals surface area (Å²) >= 11 is 1.72. The highest BCUT2D eigenvalue weighted by Crippen LogP contribution is 2.26. The molecule has 1 saturated heterocycles. The lowest BCUT2D eigenvalue weighted by atomic mass is 10.1. The van der Waals surface area contributed by atoms with Crippen molar-refractivity contribution in [1.29, 1.82) is 0 Å². The number of aromatic nitrogens is 1. The largest absolute Gasteiger partial charge is 0.493 e. The zero-order valence-corrected chi connectivity index (χ0v) is 10.0.